The number of amides is 1. The van der Waals surface area contributed by atoms with Gasteiger partial charge in [-0.2, -0.15) is 0 Å². The van der Waals surface area contributed by atoms with Gasteiger partial charge in [-0.05, 0) is 18.6 Å². The number of hydrogen-bond acceptors (Lipinski definition) is 5. The largest absolute Gasteiger partial charge is 0.549 e. The quantitative estimate of drug-likeness (QED) is 0.728. The van der Waals surface area contributed by atoms with Crippen LogP contribution in [0.1, 0.15) is 18.6 Å². The molecule has 8 heteroatoms. The van der Waals surface area contributed by atoms with Crippen LogP contribution in [-0.2, 0) is 20.6 Å². The Morgan fingerprint density at radius 1 is 1.60 bits per heavy atom. The van der Waals surface area contributed by atoms with Gasteiger partial charge in [0.15, 0.2) is 0 Å². The normalized spacial score (nSPS) is 19.9. The number of aliphatic carboxylic acids is 1. The Balaban J connectivity index is 2.12. The van der Waals surface area contributed by atoms with Crippen LogP contribution >= 0.6 is 7.37 Å². The summed E-state index contributed by atoms with van der Waals surface area (Å²) in [5, 5.41) is 11.1. The zero-order chi connectivity index (χ0) is 14.8. The summed E-state index contributed by atoms with van der Waals surface area (Å²) in [6, 6.07) is 3.09. The first-order chi connectivity index (χ1) is 9.40. The topological polar surface area (TPSA) is 111 Å². The molecule has 7 nitrogen and oxygen atoms in total. The minimum Gasteiger partial charge on any atom is -0.549 e. The summed E-state index contributed by atoms with van der Waals surface area (Å²) in [6.07, 6.45) is 1.62. The fourth-order valence-corrected chi connectivity index (χ4v) is 3.99. The number of carboxylic acids is 1. The Kier molecular flexibility index (Phi) is 4.30. The molecule has 110 valence electrons. The fourth-order valence-electron chi connectivity index (χ4n) is 2.21. The highest BCUT2D eigenvalue weighted by Gasteiger charge is 2.37. The highest BCUT2D eigenvalue weighted by molar-refractivity contribution is 7.59. The van der Waals surface area contributed by atoms with Gasteiger partial charge in [0.05, 0.1) is 24.2 Å². The molecule has 1 amide bonds. The molecule has 0 saturated carbocycles. The molecule has 1 fully saturated rings. The lowest BCUT2D eigenvalue weighted by molar-refractivity contribution is -0.305. The van der Waals surface area contributed by atoms with E-state index in [0.717, 1.165) is 0 Å². The first-order valence-electron chi connectivity index (χ1n) is 6.22. The van der Waals surface area contributed by atoms with Gasteiger partial charge in [-0.25, -0.2) is 0 Å². The molecule has 1 saturated heterocycles. The predicted molar refractivity (Wildman–Crippen MR) is 66.8 cm³/mol. The number of carbonyl (C=O) groups excluding carboxylic acids is 2. The first kappa shape index (κ1) is 14.8. The number of hydrogen-bond donors (Lipinski definition) is 1. The van der Waals surface area contributed by atoms with Crippen LogP contribution in [0.25, 0.3) is 0 Å². The Labute approximate surface area is 115 Å². The summed E-state index contributed by atoms with van der Waals surface area (Å²) in [5.41, 5.74) is -1.58. The molecule has 0 radical (unpaired) electrons. The van der Waals surface area contributed by atoms with Gasteiger partial charge in [0.2, 0.25) is 13.3 Å². The van der Waals surface area contributed by atoms with Crippen molar-refractivity contribution in [2.24, 2.45) is 0 Å². The molecule has 2 heterocycles. The summed E-state index contributed by atoms with van der Waals surface area (Å²) in [4.78, 5) is 33.9. The molecule has 1 aromatic heterocycles. The second-order valence-corrected chi connectivity index (χ2v) is 7.19. The average Bonchev–Trinajstić information content (AvgIpc) is 2.98. The molecule has 1 aliphatic heterocycles. The van der Waals surface area contributed by atoms with E-state index >= 15 is 0 Å². The number of rotatable bonds is 6. The molecule has 20 heavy (non-hydrogen) atoms. The van der Waals surface area contributed by atoms with Crippen LogP contribution in [0.3, 0.4) is 0 Å². The van der Waals surface area contributed by atoms with Gasteiger partial charge in [0.1, 0.15) is 5.76 Å². The Bertz CT molecular complexity index is 540. The van der Waals surface area contributed by atoms with E-state index in [2.05, 4.69) is 0 Å². The van der Waals surface area contributed by atoms with Gasteiger partial charge in [-0.15, -0.1) is 0 Å². The standard InChI is InChI=1S/C12H16NO6P/c14-11-4-1-5-13(11)8-20(17,18)10(12(15)16)7-9-3-2-6-19-9/h2-3,6,10H,1,4-5,7-8H2,(H,15,16)(H,17,18)/p-1/t10-/m0/s1. The van der Waals surface area contributed by atoms with Crippen molar-refractivity contribution in [2.45, 2.75) is 24.9 Å². The smallest absolute Gasteiger partial charge is 0.228 e. The van der Waals surface area contributed by atoms with E-state index in [9.17, 15) is 24.2 Å². The molecule has 0 aliphatic carbocycles. The van der Waals surface area contributed by atoms with Crippen molar-refractivity contribution in [3.8, 4) is 0 Å². The molecular weight excluding hydrogens is 285 g/mol. The van der Waals surface area contributed by atoms with Crippen LogP contribution in [0.15, 0.2) is 22.8 Å². The second-order valence-electron chi connectivity index (χ2n) is 4.78. The van der Waals surface area contributed by atoms with Crippen LogP contribution in [0.5, 0.6) is 0 Å². The Morgan fingerprint density at radius 3 is 2.85 bits per heavy atom. The zero-order valence-electron chi connectivity index (χ0n) is 10.7. The summed E-state index contributed by atoms with van der Waals surface area (Å²) >= 11 is 0. The summed E-state index contributed by atoms with van der Waals surface area (Å²) in [5.74, 6) is -1.55. The van der Waals surface area contributed by atoms with E-state index in [0.29, 0.717) is 25.1 Å². The molecule has 0 bridgehead atoms. The molecule has 2 rings (SSSR count). The lowest BCUT2D eigenvalue weighted by atomic mass is 10.2. The van der Waals surface area contributed by atoms with E-state index in [1.807, 2.05) is 0 Å². The minimum atomic E-state index is -4.10. The van der Waals surface area contributed by atoms with E-state index in [4.69, 9.17) is 4.42 Å². The summed E-state index contributed by atoms with van der Waals surface area (Å²) in [7, 11) is -4.10. The van der Waals surface area contributed by atoms with Crippen LogP contribution in [0.4, 0.5) is 0 Å². The highest BCUT2D eigenvalue weighted by atomic mass is 31.2. The van der Waals surface area contributed by atoms with Crippen molar-refractivity contribution in [3.63, 3.8) is 0 Å². The van der Waals surface area contributed by atoms with Crippen LogP contribution < -0.4 is 5.11 Å². The van der Waals surface area contributed by atoms with Crippen molar-refractivity contribution in [3.05, 3.63) is 24.2 Å². The van der Waals surface area contributed by atoms with E-state index in [-0.39, 0.29) is 12.3 Å². The van der Waals surface area contributed by atoms with Gasteiger partial charge >= 0.3 is 0 Å². The third-order valence-corrected chi connectivity index (χ3v) is 5.39. The SMILES string of the molecule is O=C([O-])[C@H](Cc1ccco1)P(=O)(O)CN1CCCC1=O. The molecule has 1 unspecified atom stereocenters. The molecule has 1 aromatic rings. The van der Waals surface area contributed by atoms with Crippen molar-refractivity contribution < 1.29 is 28.6 Å². The number of furan rings is 1. The number of nitrogens with zero attached hydrogens (tertiary/aromatic N) is 1. The maximum atomic E-state index is 12.3. The van der Waals surface area contributed by atoms with Crippen molar-refractivity contribution >= 4 is 19.2 Å². The molecule has 1 N–H and O–H groups in total. The molecule has 0 spiro atoms. The monoisotopic (exact) mass is 300 g/mol. The van der Waals surface area contributed by atoms with Crippen molar-refractivity contribution in [1.29, 1.82) is 0 Å². The summed E-state index contributed by atoms with van der Waals surface area (Å²) in [6.45, 7) is 0.379. The zero-order valence-corrected chi connectivity index (χ0v) is 11.6. The number of carbonyl (C=O) groups is 2. The van der Waals surface area contributed by atoms with Crippen LogP contribution in [0.2, 0.25) is 0 Å². The average molecular weight is 300 g/mol. The molecular formula is C12H15NO6P-. The molecule has 2 atom stereocenters. The van der Waals surface area contributed by atoms with Crippen LogP contribution in [-0.4, -0.2) is 40.2 Å². The summed E-state index contributed by atoms with van der Waals surface area (Å²) < 4.78 is 17.3. The maximum Gasteiger partial charge on any atom is 0.228 e. The second kappa shape index (κ2) is 5.81. The fraction of sp³-hybridized carbons (Fsp3) is 0.500. The van der Waals surface area contributed by atoms with E-state index in [1.165, 1.54) is 17.2 Å². The highest BCUT2D eigenvalue weighted by Crippen LogP contribution is 2.48. The van der Waals surface area contributed by atoms with Crippen molar-refractivity contribution in [2.75, 3.05) is 12.8 Å². The predicted octanol–water partition coefficient (Wildman–Crippen LogP) is -0.209. The third-order valence-electron chi connectivity index (χ3n) is 3.28. The van der Waals surface area contributed by atoms with Gasteiger partial charge in [0, 0.05) is 19.4 Å². The van der Waals surface area contributed by atoms with Gasteiger partial charge in [0.25, 0.3) is 0 Å². The third kappa shape index (κ3) is 3.29. The van der Waals surface area contributed by atoms with E-state index < -0.39 is 25.3 Å². The molecule has 1 aliphatic rings. The lowest BCUT2D eigenvalue weighted by Crippen LogP contribution is -2.39. The minimum absolute atomic E-state index is 0.227. The Hall–Kier alpha value is -1.59. The number of likely N-dealkylation sites (tertiary alicyclic amines) is 1. The van der Waals surface area contributed by atoms with Gasteiger partial charge in [-0.1, -0.05) is 0 Å². The van der Waals surface area contributed by atoms with E-state index in [1.54, 1.807) is 6.07 Å². The number of carboxylic acid groups (broad SMARTS) is 1. The van der Waals surface area contributed by atoms with Gasteiger partial charge < -0.3 is 24.1 Å². The molecule has 0 aromatic carbocycles. The van der Waals surface area contributed by atoms with Gasteiger partial charge in [-0.3, -0.25) is 9.36 Å². The Morgan fingerprint density at radius 2 is 2.35 bits per heavy atom. The first-order valence-corrected chi connectivity index (χ1v) is 8.14. The van der Waals surface area contributed by atoms with Crippen LogP contribution in [0, 0.1) is 0 Å². The maximum absolute atomic E-state index is 12.3. The van der Waals surface area contributed by atoms with Crippen molar-refractivity contribution in [1.82, 2.24) is 4.90 Å². The lowest BCUT2D eigenvalue weighted by Gasteiger charge is -2.27.